The van der Waals surface area contributed by atoms with Crippen LogP contribution in [0.4, 0.5) is 0 Å². The number of ether oxygens (including phenoxy) is 2. The second-order valence-electron chi connectivity index (χ2n) is 17.1. The molecule has 0 radical (unpaired) electrons. The lowest BCUT2D eigenvalue weighted by atomic mass is 9.87. The smallest absolute Gasteiger partial charge is 0.311 e. The molecule has 0 amide bonds. The molecule has 0 bridgehead atoms. The molecule has 0 aromatic rings. The van der Waals surface area contributed by atoms with Crippen molar-refractivity contribution < 1.29 is 24.2 Å². The largest absolute Gasteiger partial charge is 0.466 e. The van der Waals surface area contributed by atoms with Crippen molar-refractivity contribution in [1.82, 2.24) is 4.90 Å². The summed E-state index contributed by atoms with van der Waals surface area (Å²) in [6.45, 7) is 15.4. The lowest BCUT2D eigenvalue weighted by Gasteiger charge is -2.23. The number of aliphatic hydroxyl groups is 1. The fourth-order valence-electron chi connectivity index (χ4n) is 7.61. The van der Waals surface area contributed by atoms with Gasteiger partial charge in [0.05, 0.1) is 25.0 Å². The summed E-state index contributed by atoms with van der Waals surface area (Å²) in [6.07, 6.45) is 34.0. The van der Waals surface area contributed by atoms with E-state index in [1.165, 1.54) is 122 Å². The van der Waals surface area contributed by atoms with E-state index in [2.05, 4.69) is 25.7 Å². The molecule has 51 heavy (non-hydrogen) atoms. The standard InChI is InChI=1S/C45H87NO5/c1-6-9-12-13-14-17-24-39-51-43(49)44(4,5)30-20-15-16-22-34-46(36-26-37-47)35-23-18-21-31-45(32-33-45)40-42(48)50-38-25-19-29-41(27-10-7-2)28-11-8-3/h41,47H,6-40H2,1-5H3. The maximum absolute atomic E-state index is 12.7. The Morgan fingerprint density at radius 1 is 0.627 bits per heavy atom. The van der Waals surface area contributed by atoms with Gasteiger partial charge in [-0.3, -0.25) is 9.59 Å². The van der Waals surface area contributed by atoms with Crippen molar-refractivity contribution in [3.05, 3.63) is 0 Å². The predicted molar refractivity (Wildman–Crippen MR) is 216 cm³/mol. The highest BCUT2D eigenvalue weighted by molar-refractivity contribution is 5.75. The normalized spacial score (nSPS) is 14.0. The Balaban J connectivity index is 2.16. The van der Waals surface area contributed by atoms with Gasteiger partial charge in [-0.1, -0.05) is 136 Å². The van der Waals surface area contributed by atoms with E-state index in [1.54, 1.807) is 0 Å². The van der Waals surface area contributed by atoms with E-state index in [0.717, 1.165) is 83.3 Å². The van der Waals surface area contributed by atoms with Gasteiger partial charge in [-0.05, 0) is 102 Å². The van der Waals surface area contributed by atoms with E-state index in [0.29, 0.717) is 19.6 Å². The van der Waals surface area contributed by atoms with Crippen LogP contribution in [0.2, 0.25) is 0 Å². The summed E-state index contributed by atoms with van der Waals surface area (Å²) >= 11 is 0. The SMILES string of the molecule is CCCCCCCCCOC(=O)C(C)(C)CCCCCCN(CCCO)CCCCCC1(CC(=O)OCCCCC(CCCC)CCCC)CC1. The maximum atomic E-state index is 12.7. The zero-order valence-corrected chi connectivity index (χ0v) is 34.9. The van der Waals surface area contributed by atoms with Gasteiger partial charge in [-0.2, -0.15) is 0 Å². The first kappa shape index (κ1) is 47.9. The molecule has 1 N–H and O–H groups in total. The highest BCUT2D eigenvalue weighted by Gasteiger charge is 2.43. The zero-order valence-electron chi connectivity index (χ0n) is 34.9. The fourth-order valence-corrected chi connectivity index (χ4v) is 7.61. The molecule has 0 heterocycles. The second-order valence-corrected chi connectivity index (χ2v) is 17.1. The molecule has 1 aliphatic carbocycles. The van der Waals surface area contributed by atoms with Crippen molar-refractivity contribution in [2.75, 3.05) is 39.5 Å². The molecule has 0 unspecified atom stereocenters. The van der Waals surface area contributed by atoms with E-state index < -0.39 is 5.41 Å². The minimum absolute atomic E-state index is 0.0264. The zero-order chi connectivity index (χ0) is 37.5. The number of carbonyl (C=O) groups excluding carboxylic acids is 2. The average molecular weight is 722 g/mol. The van der Waals surface area contributed by atoms with Crippen LogP contribution >= 0.6 is 0 Å². The lowest BCUT2D eigenvalue weighted by Crippen LogP contribution is -2.28. The molecule has 1 rings (SSSR count). The molecule has 0 atom stereocenters. The number of unbranched alkanes of at least 4 members (excludes halogenated alkanes) is 14. The summed E-state index contributed by atoms with van der Waals surface area (Å²) in [6, 6.07) is 0. The van der Waals surface area contributed by atoms with E-state index in [1.807, 2.05) is 13.8 Å². The molecule has 1 fully saturated rings. The van der Waals surface area contributed by atoms with Crippen LogP contribution in [0.15, 0.2) is 0 Å². The molecule has 0 saturated heterocycles. The van der Waals surface area contributed by atoms with Gasteiger partial charge in [0.15, 0.2) is 0 Å². The van der Waals surface area contributed by atoms with Crippen molar-refractivity contribution in [3.63, 3.8) is 0 Å². The van der Waals surface area contributed by atoms with E-state index in [9.17, 15) is 14.7 Å². The minimum Gasteiger partial charge on any atom is -0.466 e. The number of rotatable bonds is 38. The molecule has 0 aliphatic heterocycles. The third kappa shape index (κ3) is 26.3. The van der Waals surface area contributed by atoms with Crippen molar-refractivity contribution in [1.29, 1.82) is 0 Å². The van der Waals surface area contributed by atoms with Crippen molar-refractivity contribution in [2.24, 2.45) is 16.7 Å². The Kier molecular flexibility index (Phi) is 29.3. The van der Waals surface area contributed by atoms with Crippen molar-refractivity contribution >= 4 is 11.9 Å². The first-order valence-electron chi connectivity index (χ1n) is 22.4. The molecule has 0 spiro atoms. The summed E-state index contributed by atoms with van der Waals surface area (Å²) in [4.78, 5) is 27.8. The Bertz CT molecular complexity index is 817. The van der Waals surface area contributed by atoms with Crippen LogP contribution in [0.3, 0.4) is 0 Å². The molecular formula is C45H87NO5. The number of hydrogen-bond acceptors (Lipinski definition) is 6. The highest BCUT2D eigenvalue weighted by atomic mass is 16.5. The van der Waals surface area contributed by atoms with Crippen LogP contribution in [-0.2, 0) is 19.1 Å². The summed E-state index contributed by atoms with van der Waals surface area (Å²) in [7, 11) is 0. The Labute approximate surface area is 317 Å². The fraction of sp³-hybridized carbons (Fsp3) is 0.956. The van der Waals surface area contributed by atoms with E-state index in [4.69, 9.17) is 9.47 Å². The van der Waals surface area contributed by atoms with Crippen LogP contribution in [0.1, 0.15) is 221 Å². The first-order chi connectivity index (χ1) is 24.7. The number of nitrogens with zero attached hydrogens (tertiary/aromatic N) is 1. The van der Waals surface area contributed by atoms with E-state index in [-0.39, 0.29) is 24.0 Å². The van der Waals surface area contributed by atoms with E-state index >= 15 is 0 Å². The van der Waals surface area contributed by atoms with Gasteiger partial charge in [0.2, 0.25) is 0 Å². The Morgan fingerprint density at radius 3 is 1.76 bits per heavy atom. The molecule has 1 aliphatic rings. The molecule has 6 nitrogen and oxygen atoms in total. The number of carbonyl (C=O) groups is 2. The topological polar surface area (TPSA) is 76.1 Å². The lowest BCUT2D eigenvalue weighted by molar-refractivity contribution is -0.154. The van der Waals surface area contributed by atoms with Crippen LogP contribution in [0, 0.1) is 16.7 Å². The monoisotopic (exact) mass is 722 g/mol. The van der Waals surface area contributed by atoms with Crippen LogP contribution < -0.4 is 0 Å². The van der Waals surface area contributed by atoms with Gasteiger partial charge in [0.25, 0.3) is 0 Å². The summed E-state index contributed by atoms with van der Waals surface area (Å²) < 4.78 is 11.3. The molecule has 0 aromatic carbocycles. The Morgan fingerprint density at radius 2 is 1.14 bits per heavy atom. The second kappa shape index (κ2) is 31.2. The van der Waals surface area contributed by atoms with Crippen LogP contribution in [0.25, 0.3) is 0 Å². The molecule has 0 aromatic heterocycles. The number of aliphatic hydroxyl groups excluding tert-OH is 1. The minimum atomic E-state index is -0.404. The molecule has 6 heteroatoms. The third-order valence-electron chi connectivity index (χ3n) is 11.6. The number of esters is 2. The van der Waals surface area contributed by atoms with Crippen molar-refractivity contribution in [2.45, 2.75) is 221 Å². The third-order valence-corrected chi connectivity index (χ3v) is 11.6. The van der Waals surface area contributed by atoms with Gasteiger partial charge < -0.3 is 19.5 Å². The molecule has 1 saturated carbocycles. The first-order valence-corrected chi connectivity index (χ1v) is 22.4. The summed E-state index contributed by atoms with van der Waals surface area (Å²) in [5.74, 6) is 0.846. The Hall–Kier alpha value is -1.14. The van der Waals surface area contributed by atoms with Gasteiger partial charge in [0.1, 0.15) is 0 Å². The summed E-state index contributed by atoms with van der Waals surface area (Å²) in [5, 5.41) is 9.43. The predicted octanol–water partition coefficient (Wildman–Crippen LogP) is 12.4. The van der Waals surface area contributed by atoms with Gasteiger partial charge in [0, 0.05) is 13.2 Å². The van der Waals surface area contributed by atoms with Crippen molar-refractivity contribution in [3.8, 4) is 0 Å². The number of hydrogen-bond donors (Lipinski definition) is 1. The highest BCUT2D eigenvalue weighted by Crippen LogP contribution is 2.53. The maximum Gasteiger partial charge on any atom is 0.311 e. The van der Waals surface area contributed by atoms with Gasteiger partial charge in [-0.25, -0.2) is 0 Å². The molecular weight excluding hydrogens is 634 g/mol. The quantitative estimate of drug-likeness (QED) is 0.0505. The van der Waals surface area contributed by atoms with Crippen LogP contribution in [0.5, 0.6) is 0 Å². The average Bonchev–Trinajstić information content (AvgIpc) is 3.88. The van der Waals surface area contributed by atoms with Crippen LogP contribution in [-0.4, -0.2) is 61.4 Å². The summed E-state index contributed by atoms with van der Waals surface area (Å²) in [5.41, 5.74) is -0.184. The molecule has 302 valence electrons. The van der Waals surface area contributed by atoms with Gasteiger partial charge >= 0.3 is 11.9 Å². The van der Waals surface area contributed by atoms with Gasteiger partial charge in [-0.15, -0.1) is 0 Å².